The molecule has 0 aromatic rings. The highest BCUT2D eigenvalue weighted by Crippen LogP contribution is 2.55. The second-order valence-electron chi connectivity index (χ2n) is 6.14. The topological polar surface area (TPSA) is 32.7 Å². The van der Waals surface area contributed by atoms with Crippen molar-refractivity contribution < 1.29 is 18.0 Å². The smallest absolute Gasteiger partial charge is 0.373 e. The van der Waals surface area contributed by atoms with E-state index in [1.807, 2.05) is 0 Å². The monoisotopic (exact) mass is 332 g/mol. The van der Waals surface area contributed by atoms with Crippen LogP contribution >= 0.6 is 11.6 Å². The minimum atomic E-state index is -4.31. The maximum atomic E-state index is 13.1. The van der Waals surface area contributed by atoms with Crippen LogP contribution in [0.15, 0.2) is 27.9 Å². The number of halogens is 4. The number of aliphatic imine (C=N–C) groups is 1. The lowest BCUT2D eigenvalue weighted by Crippen LogP contribution is -2.50. The van der Waals surface area contributed by atoms with E-state index in [2.05, 4.69) is 4.99 Å². The maximum Gasteiger partial charge on any atom is 0.389 e. The normalized spacial score (nSPS) is 37.6. The van der Waals surface area contributed by atoms with Gasteiger partial charge in [0.25, 0.3) is 0 Å². The molecule has 0 saturated carbocycles. The highest BCUT2D eigenvalue weighted by atomic mass is 35.5. The molecule has 0 amide bonds. The Morgan fingerprint density at radius 1 is 1.50 bits per heavy atom. The van der Waals surface area contributed by atoms with E-state index in [1.54, 1.807) is 31.0 Å². The Morgan fingerprint density at radius 3 is 2.82 bits per heavy atom. The second-order valence-corrected chi connectivity index (χ2v) is 6.58. The van der Waals surface area contributed by atoms with Crippen molar-refractivity contribution in [3.63, 3.8) is 0 Å². The molecule has 2 heterocycles. The number of hydrogen-bond donors (Lipinski definition) is 0. The molecule has 1 saturated heterocycles. The molecule has 0 bridgehead atoms. The molecule has 4 unspecified atom stereocenters. The number of nitrogens with zero attached hydrogens (tertiary/aromatic N) is 2. The Balaban J connectivity index is 2.17. The van der Waals surface area contributed by atoms with Crippen molar-refractivity contribution in [2.24, 2.45) is 16.8 Å². The number of Topliss-reactive ketones (excluding diaryl/α,β-unsaturated/α-hetero) is 1. The average molecular weight is 333 g/mol. The largest absolute Gasteiger partial charge is 0.389 e. The molecule has 0 N–H and O–H groups in total. The third-order valence-corrected chi connectivity index (χ3v) is 5.25. The van der Waals surface area contributed by atoms with Gasteiger partial charge in [-0.25, -0.2) is 0 Å². The number of allylic oxidation sites excluding steroid dienone is 2. The van der Waals surface area contributed by atoms with E-state index in [4.69, 9.17) is 11.6 Å². The molecule has 2 aliphatic heterocycles. The molecular formula is C15H16ClF3N2O. The molecule has 0 radical (unpaired) electrons. The lowest BCUT2D eigenvalue weighted by molar-refractivity contribution is -0.151. The number of hydrogen-bond acceptors (Lipinski definition) is 3. The molecule has 22 heavy (non-hydrogen) atoms. The number of likely N-dealkylation sites (N-methyl/N-ethyl adjacent to an activating group) is 1. The van der Waals surface area contributed by atoms with E-state index in [-0.39, 0.29) is 18.2 Å². The predicted octanol–water partition coefficient (Wildman–Crippen LogP) is 3.31. The van der Waals surface area contributed by atoms with Gasteiger partial charge in [-0.15, -0.1) is 0 Å². The standard InChI is InChI=1S/C15H16ClF3N2O/c1-8-11(7-14(17,18)19)15-10(12(22)3-4-20-15)5-9(16)6-13(15)21(8)2/h4-6,8,10-11H,3,7H2,1-2H3. The summed E-state index contributed by atoms with van der Waals surface area (Å²) in [6, 6.07) is -0.380. The third-order valence-electron chi connectivity index (χ3n) is 5.02. The summed E-state index contributed by atoms with van der Waals surface area (Å²) in [5.41, 5.74) is -0.562. The van der Waals surface area contributed by atoms with Gasteiger partial charge >= 0.3 is 6.18 Å². The molecular weight excluding hydrogens is 317 g/mol. The average Bonchev–Trinajstić information content (AvgIpc) is 2.59. The molecule has 0 aromatic carbocycles. The molecule has 1 spiro atoms. The van der Waals surface area contributed by atoms with Gasteiger partial charge in [0.1, 0.15) is 11.3 Å². The summed E-state index contributed by atoms with van der Waals surface area (Å²) in [7, 11) is 1.73. The van der Waals surface area contributed by atoms with Gasteiger partial charge in [0.15, 0.2) is 0 Å². The third kappa shape index (κ3) is 2.11. The molecule has 4 atom stereocenters. The van der Waals surface area contributed by atoms with Gasteiger partial charge in [-0.3, -0.25) is 9.79 Å². The zero-order valence-corrected chi connectivity index (χ0v) is 12.9. The van der Waals surface area contributed by atoms with E-state index in [9.17, 15) is 18.0 Å². The fraction of sp³-hybridized carbons (Fsp3) is 0.600. The number of likely N-dealkylation sites (tertiary alicyclic amines) is 1. The Morgan fingerprint density at radius 2 is 2.18 bits per heavy atom. The molecule has 3 aliphatic rings. The SMILES string of the molecule is CC1C(CC(F)(F)F)C23N=CCC(=O)C2C=C(Cl)C=C3N1C. The van der Waals surface area contributed by atoms with Crippen molar-refractivity contribution in [2.45, 2.75) is 37.5 Å². The summed E-state index contributed by atoms with van der Waals surface area (Å²) in [4.78, 5) is 18.5. The van der Waals surface area contributed by atoms with E-state index >= 15 is 0 Å². The number of carbonyl (C=O) groups excluding carboxylic acids is 1. The molecule has 3 rings (SSSR count). The van der Waals surface area contributed by atoms with Gasteiger partial charge in [-0.1, -0.05) is 17.7 Å². The van der Waals surface area contributed by atoms with Crippen LogP contribution in [0.1, 0.15) is 19.8 Å². The molecule has 0 aromatic heterocycles. The fourth-order valence-corrected chi connectivity index (χ4v) is 4.20. The zero-order chi connectivity index (χ0) is 16.3. The minimum Gasteiger partial charge on any atom is -0.373 e. The lowest BCUT2D eigenvalue weighted by atomic mass is 9.66. The minimum absolute atomic E-state index is 0.131. The Hall–Kier alpha value is -1.30. The fourth-order valence-electron chi connectivity index (χ4n) is 3.97. The maximum absolute atomic E-state index is 13.1. The van der Waals surface area contributed by atoms with Gasteiger partial charge in [-0.2, -0.15) is 13.2 Å². The van der Waals surface area contributed by atoms with Gasteiger partial charge in [0.05, 0.1) is 12.3 Å². The van der Waals surface area contributed by atoms with Crippen LogP contribution in [0.2, 0.25) is 0 Å². The zero-order valence-electron chi connectivity index (χ0n) is 12.2. The van der Waals surface area contributed by atoms with E-state index in [0.717, 1.165) is 0 Å². The first-order chi connectivity index (χ1) is 10.2. The van der Waals surface area contributed by atoms with Crippen LogP contribution in [0, 0.1) is 11.8 Å². The summed E-state index contributed by atoms with van der Waals surface area (Å²) in [6.07, 6.45) is -0.496. The first kappa shape index (κ1) is 15.6. The number of rotatable bonds is 1. The molecule has 7 heteroatoms. The van der Waals surface area contributed by atoms with Crippen LogP contribution in [0.25, 0.3) is 0 Å². The van der Waals surface area contributed by atoms with Crippen molar-refractivity contribution in [3.05, 3.63) is 22.9 Å². The number of alkyl halides is 3. The first-order valence-electron chi connectivity index (χ1n) is 7.12. The Labute approximate surface area is 131 Å². The van der Waals surface area contributed by atoms with Crippen molar-refractivity contribution >= 4 is 23.6 Å². The second kappa shape index (κ2) is 4.85. The van der Waals surface area contributed by atoms with Crippen molar-refractivity contribution in [2.75, 3.05) is 7.05 Å². The van der Waals surface area contributed by atoms with E-state index in [0.29, 0.717) is 10.7 Å². The molecule has 1 aliphatic carbocycles. The summed E-state index contributed by atoms with van der Waals surface area (Å²) in [5.74, 6) is -1.66. The van der Waals surface area contributed by atoms with Crippen molar-refractivity contribution in [1.82, 2.24) is 4.90 Å². The molecule has 120 valence electrons. The van der Waals surface area contributed by atoms with Crippen molar-refractivity contribution in [3.8, 4) is 0 Å². The highest BCUT2D eigenvalue weighted by Gasteiger charge is 2.62. The quantitative estimate of drug-likeness (QED) is 0.738. The van der Waals surface area contributed by atoms with Crippen LogP contribution in [-0.2, 0) is 4.79 Å². The van der Waals surface area contributed by atoms with Gasteiger partial charge in [-0.05, 0) is 13.0 Å². The summed E-state index contributed by atoms with van der Waals surface area (Å²) in [6.45, 7) is 1.74. The van der Waals surface area contributed by atoms with E-state index in [1.165, 1.54) is 6.21 Å². The number of carbonyl (C=O) groups is 1. The lowest BCUT2D eigenvalue weighted by Gasteiger charge is -2.41. The van der Waals surface area contributed by atoms with Crippen LogP contribution < -0.4 is 0 Å². The van der Waals surface area contributed by atoms with Gasteiger partial charge in [0, 0.05) is 42.4 Å². The van der Waals surface area contributed by atoms with Crippen LogP contribution in [0.5, 0.6) is 0 Å². The summed E-state index contributed by atoms with van der Waals surface area (Å²) < 4.78 is 39.2. The summed E-state index contributed by atoms with van der Waals surface area (Å²) >= 11 is 6.09. The Bertz CT molecular complexity index is 610. The molecule has 1 fully saturated rings. The van der Waals surface area contributed by atoms with Crippen LogP contribution in [0.4, 0.5) is 13.2 Å². The van der Waals surface area contributed by atoms with E-state index < -0.39 is 30.0 Å². The molecule has 3 nitrogen and oxygen atoms in total. The van der Waals surface area contributed by atoms with Crippen molar-refractivity contribution in [1.29, 1.82) is 0 Å². The van der Waals surface area contributed by atoms with Gasteiger partial charge < -0.3 is 4.90 Å². The number of ketones is 1. The summed E-state index contributed by atoms with van der Waals surface area (Å²) in [5, 5.41) is 0.382. The predicted molar refractivity (Wildman–Crippen MR) is 77.7 cm³/mol. The van der Waals surface area contributed by atoms with Crippen LogP contribution in [-0.4, -0.2) is 41.7 Å². The van der Waals surface area contributed by atoms with Crippen LogP contribution in [0.3, 0.4) is 0 Å². The first-order valence-corrected chi connectivity index (χ1v) is 7.50. The Kier molecular flexibility index (Phi) is 3.43. The van der Waals surface area contributed by atoms with Gasteiger partial charge in [0.2, 0.25) is 0 Å². The highest BCUT2D eigenvalue weighted by molar-refractivity contribution is 6.31.